The first kappa shape index (κ1) is 11.0. The molecule has 0 aromatic heterocycles. The van der Waals surface area contributed by atoms with Crippen LogP contribution in [0.3, 0.4) is 0 Å². The van der Waals surface area contributed by atoms with Crippen molar-refractivity contribution in [2.45, 2.75) is 0 Å². The molecule has 0 unspecified atom stereocenters. The Hall–Kier alpha value is -2.03. The molecule has 3 heteroatoms. The monoisotopic (exact) mass is 203 g/mol. The topological polar surface area (TPSA) is 49.3 Å². The Bertz CT molecular complexity index is 394. The molecule has 1 rings (SSSR count). The summed E-state index contributed by atoms with van der Waals surface area (Å²) in [6.07, 6.45) is 6.40. The molecule has 0 radical (unpaired) electrons. The van der Waals surface area contributed by atoms with Crippen molar-refractivity contribution in [3.05, 3.63) is 47.7 Å². The first-order chi connectivity index (χ1) is 7.24. The van der Waals surface area contributed by atoms with Crippen molar-refractivity contribution in [3.8, 4) is 0 Å². The van der Waals surface area contributed by atoms with Crippen LogP contribution in [-0.4, -0.2) is 18.1 Å². The van der Waals surface area contributed by atoms with Crippen LogP contribution >= 0.6 is 0 Å². The third-order valence-corrected chi connectivity index (χ3v) is 1.83. The Balaban J connectivity index is 2.96. The lowest BCUT2D eigenvalue weighted by Crippen LogP contribution is -1.91. The fourth-order valence-corrected chi connectivity index (χ4v) is 1.15. The summed E-state index contributed by atoms with van der Waals surface area (Å²) in [5, 5.41) is 11.4. The molecule has 0 amide bonds. The third kappa shape index (κ3) is 3.68. The van der Waals surface area contributed by atoms with E-state index >= 15 is 0 Å². The number of hydrogen-bond acceptors (Lipinski definition) is 2. The molecule has 0 fully saturated rings. The smallest absolute Gasteiger partial charge is 0.328 e. The molecule has 0 aliphatic heterocycles. The molecule has 1 aromatic rings. The summed E-state index contributed by atoms with van der Waals surface area (Å²) in [5.74, 6) is -0.942. The fraction of sp³-hybridized carbons (Fsp3) is 0.0833. The zero-order valence-electron chi connectivity index (χ0n) is 8.47. The first-order valence-electron chi connectivity index (χ1n) is 4.58. The van der Waals surface area contributed by atoms with Gasteiger partial charge in [0.2, 0.25) is 0 Å². The number of carboxylic acid groups (broad SMARTS) is 1. The molecule has 0 saturated heterocycles. The summed E-state index contributed by atoms with van der Waals surface area (Å²) >= 11 is 0. The summed E-state index contributed by atoms with van der Waals surface area (Å²) in [6.45, 7) is 0. The third-order valence-electron chi connectivity index (χ3n) is 1.83. The van der Waals surface area contributed by atoms with Gasteiger partial charge < -0.3 is 10.4 Å². The van der Waals surface area contributed by atoms with Crippen molar-refractivity contribution in [2.24, 2.45) is 0 Å². The van der Waals surface area contributed by atoms with Crippen LogP contribution in [-0.2, 0) is 4.79 Å². The largest absolute Gasteiger partial charge is 0.478 e. The van der Waals surface area contributed by atoms with Gasteiger partial charge in [-0.05, 0) is 29.5 Å². The summed E-state index contributed by atoms with van der Waals surface area (Å²) in [4.78, 5) is 10.4. The van der Waals surface area contributed by atoms with E-state index in [1.807, 2.05) is 37.4 Å². The number of rotatable bonds is 4. The van der Waals surface area contributed by atoms with Gasteiger partial charge in [-0.25, -0.2) is 4.79 Å². The summed E-state index contributed by atoms with van der Waals surface area (Å²) < 4.78 is 0. The fourth-order valence-electron chi connectivity index (χ4n) is 1.15. The molecular weight excluding hydrogens is 190 g/mol. The van der Waals surface area contributed by atoms with E-state index in [1.54, 1.807) is 12.3 Å². The molecule has 15 heavy (non-hydrogen) atoms. The zero-order chi connectivity index (χ0) is 11.1. The number of hydrogen-bond donors (Lipinski definition) is 2. The minimum Gasteiger partial charge on any atom is -0.478 e. The maximum Gasteiger partial charge on any atom is 0.328 e. The molecular formula is C12H13NO2. The lowest BCUT2D eigenvalue weighted by Gasteiger charge is -1.99. The van der Waals surface area contributed by atoms with Gasteiger partial charge in [-0.1, -0.05) is 24.3 Å². The predicted octanol–water partition coefficient (Wildman–Crippen LogP) is 1.97. The van der Waals surface area contributed by atoms with E-state index in [0.717, 1.165) is 17.2 Å². The van der Waals surface area contributed by atoms with E-state index < -0.39 is 5.97 Å². The maximum absolute atomic E-state index is 10.4. The minimum atomic E-state index is -0.942. The molecule has 3 nitrogen and oxygen atoms in total. The van der Waals surface area contributed by atoms with Crippen LogP contribution in [0.5, 0.6) is 0 Å². The van der Waals surface area contributed by atoms with E-state index in [0.29, 0.717) is 0 Å². The second-order valence-electron chi connectivity index (χ2n) is 2.92. The molecule has 0 spiro atoms. The molecule has 0 heterocycles. The van der Waals surface area contributed by atoms with Gasteiger partial charge >= 0.3 is 5.97 Å². The zero-order valence-corrected chi connectivity index (χ0v) is 8.47. The lowest BCUT2D eigenvalue weighted by atomic mass is 10.1. The van der Waals surface area contributed by atoms with Crippen molar-refractivity contribution in [1.29, 1.82) is 0 Å². The highest BCUT2D eigenvalue weighted by molar-refractivity contribution is 5.86. The highest BCUT2D eigenvalue weighted by Crippen LogP contribution is 2.12. The number of carboxylic acids is 1. The Morgan fingerprint density at radius 2 is 1.87 bits per heavy atom. The van der Waals surface area contributed by atoms with Gasteiger partial charge in [-0.15, -0.1) is 0 Å². The number of carbonyl (C=O) groups is 1. The maximum atomic E-state index is 10.4. The van der Waals surface area contributed by atoms with Crippen LogP contribution in [0.2, 0.25) is 0 Å². The molecule has 0 atom stereocenters. The van der Waals surface area contributed by atoms with E-state index in [2.05, 4.69) is 5.32 Å². The van der Waals surface area contributed by atoms with Crippen molar-refractivity contribution in [2.75, 3.05) is 7.05 Å². The van der Waals surface area contributed by atoms with E-state index in [4.69, 9.17) is 5.11 Å². The van der Waals surface area contributed by atoms with Crippen molar-refractivity contribution >= 4 is 18.1 Å². The van der Waals surface area contributed by atoms with Crippen LogP contribution in [0, 0.1) is 0 Å². The minimum absolute atomic E-state index is 0.881. The van der Waals surface area contributed by atoms with Gasteiger partial charge in [-0.3, -0.25) is 0 Å². The number of benzene rings is 1. The normalized spacial score (nSPS) is 11.0. The van der Waals surface area contributed by atoms with E-state index in [9.17, 15) is 4.79 Å². The average molecular weight is 203 g/mol. The number of nitrogens with one attached hydrogen (secondary N) is 1. The lowest BCUT2D eigenvalue weighted by molar-refractivity contribution is -0.131. The van der Waals surface area contributed by atoms with Gasteiger partial charge in [0.1, 0.15) is 0 Å². The van der Waals surface area contributed by atoms with Crippen molar-refractivity contribution in [1.82, 2.24) is 5.32 Å². The van der Waals surface area contributed by atoms with Crippen LogP contribution in [0.15, 0.2) is 36.5 Å². The van der Waals surface area contributed by atoms with Crippen LogP contribution < -0.4 is 5.32 Å². The second-order valence-corrected chi connectivity index (χ2v) is 2.92. The van der Waals surface area contributed by atoms with Crippen LogP contribution in [0.25, 0.3) is 12.2 Å². The Morgan fingerprint density at radius 1 is 1.27 bits per heavy atom. The molecule has 78 valence electrons. The molecule has 2 N–H and O–H groups in total. The molecule has 0 aliphatic carbocycles. The predicted molar refractivity (Wildman–Crippen MR) is 61.2 cm³/mol. The van der Waals surface area contributed by atoms with Crippen molar-refractivity contribution in [3.63, 3.8) is 0 Å². The molecule has 1 aromatic carbocycles. The van der Waals surface area contributed by atoms with Gasteiger partial charge in [0.05, 0.1) is 0 Å². The van der Waals surface area contributed by atoms with Gasteiger partial charge in [0.25, 0.3) is 0 Å². The number of aliphatic carboxylic acids is 1. The standard InChI is InChI=1S/C12H13NO2/c1-13-9-8-11-5-3-2-4-10(11)6-7-12(14)15/h2-9,13H,1H3,(H,14,15)/b7-6+,9-8-. The van der Waals surface area contributed by atoms with E-state index in [-0.39, 0.29) is 0 Å². The second kappa shape index (κ2) is 5.65. The van der Waals surface area contributed by atoms with E-state index in [1.165, 1.54) is 0 Å². The Kier molecular flexibility index (Phi) is 4.16. The SMILES string of the molecule is CN/C=C\c1ccccc1/C=C/C(=O)O. The summed E-state index contributed by atoms with van der Waals surface area (Å²) in [5.41, 5.74) is 1.86. The average Bonchev–Trinajstić information content (AvgIpc) is 2.24. The molecule has 0 aliphatic rings. The van der Waals surface area contributed by atoms with Gasteiger partial charge in [0.15, 0.2) is 0 Å². The molecule has 0 saturated carbocycles. The van der Waals surface area contributed by atoms with Crippen molar-refractivity contribution < 1.29 is 9.90 Å². The Morgan fingerprint density at radius 3 is 2.40 bits per heavy atom. The van der Waals surface area contributed by atoms with Gasteiger partial charge in [0, 0.05) is 13.1 Å². The highest BCUT2D eigenvalue weighted by Gasteiger charge is 1.94. The molecule has 0 bridgehead atoms. The highest BCUT2D eigenvalue weighted by atomic mass is 16.4. The van der Waals surface area contributed by atoms with Crippen LogP contribution in [0.1, 0.15) is 11.1 Å². The summed E-state index contributed by atoms with van der Waals surface area (Å²) in [6, 6.07) is 7.58. The quantitative estimate of drug-likeness (QED) is 0.735. The first-order valence-corrected chi connectivity index (χ1v) is 4.58. The van der Waals surface area contributed by atoms with Gasteiger partial charge in [-0.2, -0.15) is 0 Å². The Labute approximate surface area is 88.7 Å². The summed E-state index contributed by atoms with van der Waals surface area (Å²) in [7, 11) is 1.81. The van der Waals surface area contributed by atoms with Crippen LogP contribution in [0.4, 0.5) is 0 Å².